The minimum Gasteiger partial charge on any atom is -0.322 e. The fourth-order valence-corrected chi connectivity index (χ4v) is 4.82. The summed E-state index contributed by atoms with van der Waals surface area (Å²) >= 11 is 1.72. The predicted molar refractivity (Wildman–Crippen MR) is 131 cm³/mol. The number of nitrogens with zero attached hydrogens (tertiary/aromatic N) is 4. The van der Waals surface area contributed by atoms with Crippen LogP contribution in [0.3, 0.4) is 0 Å². The van der Waals surface area contributed by atoms with Gasteiger partial charge in [-0.15, -0.1) is 22.0 Å². The van der Waals surface area contributed by atoms with Crippen LogP contribution < -0.4 is 5.32 Å². The lowest BCUT2D eigenvalue weighted by Crippen LogP contribution is -2.11. The summed E-state index contributed by atoms with van der Waals surface area (Å²) in [5.74, 6) is 2.64. The number of benzene rings is 2. The molecule has 6 nitrogen and oxygen atoms in total. The number of aromatic nitrogens is 4. The average molecular weight is 456 g/mol. The molecule has 1 aliphatic rings. The van der Waals surface area contributed by atoms with Crippen LogP contribution in [0, 0.1) is 0 Å². The molecule has 4 aromatic rings. The Bertz CT molecular complexity index is 1240. The summed E-state index contributed by atoms with van der Waals surface area (Å²) in [5, 5.41) is 11.8. The Balaban J connectivity index is 1.25. The molecule has 0 unspecified atom stereocenters. The van der Waals surface area contributed by atoms with Crippen LogP contribution in [-0.2, 0) is 18.7 Å². The van der Waals surface area contributed by atoms with Crippen molar-refractivity contribution in [2.24, 2.45) is 0 Å². The first kappa shape index (κ1) is 21.4. The molecule has 0 radical (unpaired) electrons. The van der Waals surface area contributed by atoms with Crippen LogP contribution in [0.25, 0.3) is 11.4 Å². The van der Waals surface area contributed by atoms with E-state index in [-0.39, 0.29) is 5.91 Å². The molecule has 0 saturated carbocycles. The number of anilines is 1. The van der Waals surface area contributed by atoms with E-state index in [0.29, 0.717) is 5.56 Å². The molecule has 166 valence electrons. The van der Waals surface area contributed by atoms with Crippen molar-refractivity contribution in [3.8, 4) is 11.4 Å². The van der Waals surface area contributed by atoms with Crippen LogP contribution in [0.15, 0.2) is 78.0 Å². The minimum absolute atomic E-state index is 0.129. The third-order valence-electron chi connectivity index (χ3n) is 5.73. The molecule has 1 N–H and O–H groups in total. The number of hydrogen-bond acceptors (Lipinski definition) is 5. The molecule has 2 aromatic heterocycles. The number of thioether (sulfide) groups is 1. The Morgan fingerprint density at radius 2 is 1.91 bits per heavy atom. The molecular weight excluding hydrogens is 430 g/mol. The van der Waals surface area contributed by atoms with Crippen molar-refractivity contribution in [2.75, 3.05) is 5.32 Å². The molecule has 0 fully saturated rings. The van der Waals surface area contributed by atoms with Crippen LogP contribution in [0.1, 0.15) is 41.0 Å². The minimum atomic E-state index is -0.129. The number of amides is 1. The molecule has 0 bridgehead atoms. The highest BCUT2D eigenvalue weighted by atomic mass is 32.2. The first-order valence-electron chi connectivity index (χ1n) is 11.2. The van der Waals surface area contributed by atoms with Crippen molar-refractivity contribution >= 4 is 23.4 Å². The second-order valence-corrected chi connectivity index (χ2v) is 9.16. The molecule has 5 rings (SSSR count). The van der Waals surface area contributed by atoms with Crippen molar-refractivity contribution < 1.29 is 4.79 Å². The van der Waals surface area contributed by atoms with Crippen molar-refractivity contribution in [1.29, 1.82) is 0 Å². The zero-order valence-corrected chi connectivity index (χ0v) is 19.1. The number of fused-ring (bicyclic) bond motifs is 1. The largest absolute Gasteiger partial charge is 0.322 e. The number of hydrogen-bond donors (Lipinski definition) is 1. The van der Waals surface area contributed by atoms with Gasteiger partial charge in [0.2, 0.25) is 0 Å². The van der Waals surface area contributed by atoms with Crippen LogP contribution in [0.4, 0.5) is 5.69 Å². The van der Waals surface area contributed by atoms with Gasteiger partial charge in [0.25, 0.3) is 5.91 Å². The van der Waals surface area contributed by atoms with Gasteiger partial charge in [-0.3, -0.25) is 9.78 Å². The Morgan fingerprint density at radius 3 is 2.76 bits per heavy atom. The number of aryl methyl sites for hydroxylation is 1. The number of pyridine rings is 1. The molecule has 0 saturated heterocycles. The fraction of sp³-hybridized carbons (Fsp3) is 0.231. The number of nitrogens with one attached hydrogen (secondary N) is 1. The molecule has 0 atom stereocenters. The van der Waals surface area contributed by atoms with E-state index in [0.717, 1.165) is 59.4 Å². The third-order valence-corrected chi connectivity index (χ3v) is 6.82. The topological polar surface area (TPSA) is 72.7 Å². The van der Waals surface area contributed by atoms with Gasteiger partial charge < -0.3 is 9.88 Å². The zero-order chi connectivity index (χ0) is 22.5. The van der Waals surface area contributed by atoms with Gasteiger partial charge in [0.05, 0.1) is 0 Å². The van der Waals surface area contributed by atoms with Crippen LogP contribution in [-0.4, -0.2) is 25.7 Å². The Hall–Kier alpha value is -3.45. The highest BCUT2D eigenvalue weighted by molar-refractivity contribution is 7.98. The van der Waals surface area contributed by atoms with Crippen molar-refractivity contribution in [2.45, 2.75) is 42.9 Å². The third kappa shape index (κ3) is 5.14. The van der Waals surface area contributed by atoms with E-state index in [4.69, 9.17) is 0 Å². The van der Waals surface area contributed by atoms with Gasteiger partial charge in [-0.1, -0.05) is 24.6 Å². The fourth-order valence-electron chi connectivity index (χ4n) is 3.99. The summed E-state index contributed by atoms with van der Waals surface area (Å²) in [4.78, 5) is 18.1. The smallest absolute Gasteiger partial charge is 0.255 e. The predicted octanol–water partition coefficient (Wildman–Crippen LogP) is 5.61. The second kappa shape index (κ2) is 10.0. The van der Waals surface area contributed by atoms with Gasteiger partial charge in [0, 0.05) is 52.8 Å². The van der Waals surface area contributed by atoms with Crippen LogP contribution >= 0.6 is 11.8 Å². The van der Waals surface area contributed by atoms with E-state index < -0.39 is 0 Å². The van der Waals surface area contributed by atoms with Gasteiger partial charge in [0.15, 0.2) is 5.82 Å². The van der Waals surface area contributed by atoms with E-state index in [1.54, 1.807) is 18.0 Å². The van der Waals surface area contributed by atoms with Gasteiger partial charge in [-0.2, -0.15) is 0 Å². The molecule has 2 aromatic carbocycles. The lowest BCUT2D eigenvalue weighted by molar-refractivity contribution is 0.102. The van der Waals surface area contributed by atoms with Crippen molar-refractivity contribution in [3.05, 3.63) is 90.0 Å². The highest BCUT2D eigenvalue weighted by Crippen LogP contribution is 2.26. The maximum absolute atomic E-state index is 12.8. The summed E-state index contributed by atoms with van der Waals surface area (Å²) in [7, 11) is 0. The van der Waals surface area contributed by atoms with E-state index in [2.05, 4.69) is 31.1 Å². The standard InChI is InChI=1S/C26H25N5OS/c32-26(20-10-12-23(13-11-20)33-18-19-6-5-14-27-17-19)28-22-8-4-7-21(16-22)25-30-29-24-9-2-1-3-15-31(24)25/h4-8,10-14,16-17H,1-3,9,15,18H2,(H,28,32). The van der Waals surface area contributed by atoms with E-state index in [9.17, 15) is 4.79 Å². The van der Waals surface area contributed by atoms with E-state index in [1.807, 2.05) is 60.8 Å². The van der Waals surface area contributed by atoms with Gasteiger partial charge in [0.1, 0.15) is 5.82 Å². The van der Waals surface area contributed by atoms with E-state index >= 15 is 0 Å². The van der Waals surface area contributed by atoms with Gasteiger partial charge in [-0.25, -0.2) is 0 Å². The van der Waals surface area contributed by atoms with Crippen LogP contribution in [0.5, 0.6) is 0 Å². The van der Waals surface area contributed by atoms with Gasteiger partial charge in [-0.05, 0) is 60.9 Å². The quantitative estimate of drug-likeness (QED) is 0.383. The Labute approximate surface area is 197 Å². The molecule has 3 heterocycles. The molecule has 0 spiro atoms. The summed E-state index contributed by atoms with van der Waals surface area (Å²) in [6, 6.07) is 19.5. The molecular formula is C26H25N5OS. The molecule has 1 amide bonds. The van der Waals surface area contributed by atoms with Gasteiger partial charge >= 0.3 is 0 Å². The Morgan fingerprint density at radius 1 is 1.00 bits per heavy atom. The summed E-state index contributed by atoms with van der Waals surface area (Å²) < 4.78 is 2.22. The van der Waals surface area contributed by atoms with Crippen molar-refractivity contribution in [3.63, 3.8) is 0 Å². The molecule has 0 aliphatic carbocycles. The first-order chi connectivity index (χ1) is 16.3. The Kier molecular flexibility index (Phi) is 6.48. The second-order valence-electron chi connectivity index (χ2n) is 8.11. The maximum atomic E-state index is 12.8. The first-order valence-corrected chi connectivity index (χ1v) is 12.2. The lowest BCUT2D eigenvalue weighted by Gasteiger charge is -2.10. The number of carbonyl (C=O) groups excluding carboxylic acids is 1. The van der Waals surface area contributed by atoms with Crippen molar-refractivity contribution in [1.82, 2.24) is 19.7 Å². The summed E-state index contributed by atoms with van der Waals surface area (Å²) in [5.41, 5.74) is 3.52. The van der Waals surface area contributed by atoms with E-state index in [1.165, 1.54) is 12.0 Å². The summed E-state index contributed by atoms with van der Waals surface area (Å²) in [6.45, 7) is 0.944. The monoisotopic (exact) mass is 455 g/mol. The van der Waals surface area contributed by atoms with Crippen LogP contribution in [0.2, 0.25) is 0 Å². The number of rotatable bonds is 6. The number of carbonyl (C=O) groups is 1. The molecule has 1 aliphatic heterocycles. The molecule has 7 heteroatoms. The highest BCUT2D eigenvalue weighted by Gasteiger charge is 2.16. The zero-order valence-electron chi connectivity index (χ0n) is 18.3. The maximum Gasteiger partial charge on any atom is 0.255 e. The summed E-state index contributed by atoms with van der Waals surface area (Å²) in [6.07, 6.45) is 8.15. The SMILES string of the molecule is O=C(Nc1cccc(-c2nnc3n2CCCCC3)c1)c1ccc(SCc2cccnc2)cc1. The lowest BCUT2D eigenvalue weighted by atomic mass is 10.1. The average Bonchev–Trinajstić information content (AvgIpc) is 3.12. The normalized spacial score (nSPS) is 13.2. The molecule has 33 heavy (non-hydrogen) atoms.